The molecule has 100 valence electrons. The number of anilines is 1. The van der Waals surface area contributed by atoms with Gasteiger partial charge in [-0.1, -0.05) is 48.8 Å². The lowest BCUT2D eigenvalue weighted by atomic mass is 9.89. The minimum atomic E-state index is -0.339. The molecule has 2 nitrogen and oxygen atoms in total. The number of hydrogen-bond donors (Lipinski definition) is 1. The molecule has 0 aliphatic heterocycles. The molecule has 2 rings (SSSR count). The van der Waals surface area contributed by atoms with Gasteiger partial charge < -0.3 is 5.32 Å². The lowest BCUT2D eigenvalue weighted by Crippen LogP contribution is -2.29. The lowest BCUT2D eigenvalue weighted by molar-refractivity contribution is -0.124. The fourth-order valence-electron chi connectivity index (χ4n) is 1.76. The van der Waals surface area contributed by atoms with Crippen molar-refractivity contribution in [2.45, 2.75) is 27.2 Å². The summed E-state index contributed by atoms with van der Waals surface area (Å²) in [5, 5.41) is 5.26. The number of nitrogens with one attached hydrogen (secondary N) is 1. The van der Waals surface area contributed by atoms with Crippen LogP contribution in [-0.2, 0) is 4.79 Å². The van der Waals surface area contributed by atoms with Crippen molar-refractivity contribution in [1.29, 1.82) is 0 Å². The van der Waals surface area contributed by atoms with Crippen LogP contribution in [-0.4, -0.2) is 5.91 Å². The van der Waals surface area contributed by atoms with E-state index in [-0.39, 0.29) is 11.3 Å². The van der Waals surface area contributed by atoms with E-state index in [1.807, 2.05) is 51.1 Å². The first kappa shape index (κ1) is 14.1. The van der Waals surface area contributed by atoms with Crippen molar-refractivity contribution in [3.05, 3.63) is 40.9 Å². The Morgan fingerprint density at radius 2 is 1.79 bits per heavy atom. The largest absolute Gasteiger partial charge is 0.326 e. The molecule has 0 aliphatic rings. The zero-order valence-electron chi connectivity index (χ0n) is 11.5. The summed E-state index contributed by atoms with van der Waals surface area (Å²) in [5.74, 6) is 0.0615. The Kier molecular flexibility index (Phi) is 3.95. The number of amides is 1. The van der Waals surface area contributed by atoms with E-state index in [1.54, 1.807) is 0 Å². The van der Waals surface area contributed by atoms with E-state index in [4.69, 9.17) is 0 Å². The van der Waals surface area contributed by atoms with Crippen LogP contribution >= 0.6 is 15.9 Å². The summed E-state index contributed by atoms with van der Waals surface area (Å²) >= 11 is 3.46. The second-order valence-corrected chi connectivity index (χ2v) is 6.31. The van der Waals surface area contributed by atoms with Crippen molar-refractivity contribution < 1.29 is 4.79 Å². The third-order valence-corrected chi connectivity index (χ3v) is 4.05. The Labute approximate surface area is 122 Å². The zero-order valence-corrected chi connectivity index (χ0v) is 13.0. The van der Waals surface area contributed by atoms with Crippen LogP contribution in [0.2, 0.25) is 0 Å². The maximum atomic E-state index is 12.1. The molecule has 0 saturated heterocycles. The molecule has 3 heteroatoms. The summed E-state index contributed by atoms with van der Waals surface area (Å²) in [5.41, 5.74) is 0.510. The predicted molar refractivity (Wildman–Crippen MR) is 84.3 cm³/mol. The van der Waals surface area contributed by atoms with Crippen LogP contribution in [0.3, 0.4) is 0 Å². The summed E-state index contributed by atoms with van der Waals surface area (Å²) in [7, 11) is 0. The van der Waals surface area contributed by atoms with Crippen LogP contribution in [0.5, 0.6) is 0 Å². The molecule has 2 aromatic carbocycles. The normalized spacial score (nSPS) is 11.6. The molecule has 0 radical (unpaired) electrons. The zero-order chi connectivity index (χ0) is 14.0. The van der Waals surface area contributed by atoms with Gasteiger partial charge in [0.05, 0.1) is 0 Å². The quantitative estimate of drug-likeness (QED) is 0.849. The van der Waals surface area contributed by atoms with Crippen molar-refractivity contribution >= 4 is 38.3 Å². The Bertz CT molecular complexity index is 619. The van der Waals surface area contributed by atoms with Gasteiger partial charge in [0, 0.05) is 15.6 Å². The molecule has 2 aromatic rings. The van der Waals surface area contributed by atoms with Gasteiger partial charge >= 0.3 is 0 Å². The highest BCUT2D eigenvalue weighted by Crippen LogP contribution is 2.25. The van der Waals surface area contributed by atoms with Crippen molar-refractivity contribution in [1.82, 2.24) is 0 Å². The first-order chi connectivity index (χ1) is 8.92. The van der Waals surface area contributed by atoms with E-state index < -0.39 is 0 Å². The molecule has 0 fully saturated rings. The molecule has 0 aromatic heterocycles. The van der Waals surface area contributed by atoms with Gasteiger partial charge in [0.25, 0.3) is 0 Å². The summed E-state index contributed by atoms with van der Waals surface area (Å²) in [6.45, 7) is 5.94. The van der Waals surface area contributed by atoms with Gasteiger partial charge in [-0.3, -0.25) is 4.79 Å². The van der Waals surface area contributed by atoms with E-state index in [1.165, 1.54) is 0 Å². The van der Waals surface area contributed by atoms with E-state index in [0.717, 1.165) is 27.4 Å². The summed E-state index contributed by atoms with van der Waals surface area (Å²) < 4.78 is 1.06. The molecule has 0 heterocycles. The van der Waals surface area contributed by atoms with Crippen LogP contribution in [0, 0.1) is 5.41 Å². The van der Waals surface area contributed by atoms with Crippen LogP contribution in [0.4, 0.5) is 5.69 Å². The van der Waals surface area contributed by atoms with Gasteiger partial charge in [-0.2, -0.15) is 0 Å². The topological polar surface area (TPSA) is 29.1 Å². The van der Waals surface area contributed by atoms with Crippen molar-refractivity contribution in [3.8, 4) is 0 Å². The number of halogens is 1. The molecule has 0 unspecified atom stereocenters. The third-order valence-electron chi connectivity index (χ3n) is 3.56. The van der Waals surface area contributed by atoms with Crippen LogP contribution in [0.15, 0.2) is 40.9 Å². The van der Waals surface area contributed by atoms with Crippen LogP contribution < -0.4 is 5.32 Å². The number of fused-ring (bicyclic) bond motifs is 1. The average molecular weight is 320 g/mol. The predicted octanol–water partition coefficient (Wildman–Crippen LogP) is 4.98. The minimum Gasteiger partial charge on any atom is -0.326 e. The molecule has 0 bridgehead atoms. The molecular formula is C16H18BrNO. The highest BCUT2D eigenvalue weighted by atomic mass is 79.9. The monoisotopic (exact) mass is 319 g/mol. The fourth-order valence-corrected chi connectivity index (χ4v) is 2.13. The average Bonchev–Trinajstić information content (AvgIpc) is 2.38. The highest BCUT2D eigenvalue weighted by molar-refractivity contribution is 9.10. The highest BCUT2D eigenvalue weighted by Gasteiger charge is 2.25. The minimum absolute atomic E-state index is 0.0615. The number of carbonyl (C=O) groups excluding carboxylic acids is 1. The number of benzene rings is 2. The van der Waals surface area contributed by atoms with E-state index in [9.17, 15) is 4.79 Å². The van der Waals surface area contributed by atoms with Crippen LogP contribution in [0.1, 0.15) is 27.2 Å². The van der Waals surface area contributed by atoms with Gasteiger partial charge in [-0.25, -0.2) is 0 Å². The van der Waals surface area contributed by atoms with Gasteiger partial charge in [-0.15, -0.1) is 0 Å². The second kappa shape index (κ2) is 5.33. The Hall–Kier alpha value is -1.35. The Morgan fingerprint density at radius 3 is 2.47 bits per heavy atom. The van der Waals surface area contributed by atoms with Gasteiger partial charge in [0.2, 0.25) is 5.91 Å². The van der Waals surface area contributed by atoms with E-state index in [0.29, 0.717) is 0 Å². The number of hydrogen-bond acceptors (Lipinski definition) is 1. The van der Waals surface area contributed by atoms with Crippen molar-refractivity contribution in [2.75, 3.05) is 5.32 Å². The van der Waals surface area contributed by atoms with Gasteiger partial charge in [-0.05, 0) is 41.5 Å². The maximum absolute atomic E-state index is 12.1. The standard InChI is InChI=1S/C16H18BrNO/c1-4-16(2,3)15(19)18-14-8-6-11-9-13(17)7-5-12(11)10-14/h5-10H,4H2,1-3H3,(H,18,19). The Balaban J connectivity index is 2.27. The molecule has 0 spiro atoms. The summed E-state index contributed by atoms with van der Waals surface area (Å²) in [6.07, 6.45) is 0.819. The van der Waals surface area contributed by atoms with E-state index in [2.05, 4.69) is 27.3 Å². The van der Waals surface area contributed by atoms with Crippen molar-refractivity contribution in [3.63, 3.8) is 0 Å². The smallest absolute Gasteiger partial charge is 0.230 e. The van der Waals surface area contributed by atoms with Gasteiger partial charge in [0.1, 0.15) is 0 Å². The van der Waals surface area contributed by atoms with Gasteiger partial charge in [0.15, 0.2) is 0 Å². The summed E-state index contributed by atoms with van der Waals surface area (Å²) in [6, 6.07) is 12.1. The van der Waals surface area contributed by atoms with Crippen LogP contribution in [0.25, 0.3) is 10.8 Å². The SMILES string of the molecule is CCC(C)(C)C(=O)Nc1ccc2cc(Br)ccc2c1. The number of rotatable bonds is 3. The second-order valence-electron chi connectivity index (χ2n) is 5.40. The van der Waals surface area contributed by atoms with Crippen molar-refractivity contribution in [2.24, 2.45) is 5.41 Å². The molecule has 19 heavy (non-hydrogen) atoms. The molecule has 0 aliphatic carbocycles. The lowest BCUT2D eigenvalue weighted by Gasteiger charge is -2.21. The number of carbonyl (C=O) groups is 1. The third kappa shape index (κ3) is 3.16. The first-order valence-electron chi connectivity index (χ1n) is 6.43. The molecule has 0 saturated carbocycles. The molecule has 1 N–H and O–H groups in total. The fraction of sp³-hybridized carbons (Fsp3) is 0.312. The molecule has 1 amide bonds. The molecular weight excluding hydrogens is 302 g/mol. The van der Waals surface area contributed by atoms with E-state index >= 15 is 0 Å². The summed E-state index contributed by atoms with van der Waals surface area (Å²) in [4.78, 5) is 12.1. The Morgan fingerprint density at radius 1 is 1.16 bits per heavy atom. The first-order valence-corrected chi connectivity index (χ1v) is 7.22. The molecule has 0 atom stereocenters. The maximum Gasteiger partial charge on any atom is 0.230 e.